The minimum Gasteiger partial charge on any atom is -0.472 e. The molecule has 1 aliphatic carbocycles. The molecule has 1 aromatic heterocycles. The van der Waals surface area contributed by atoms with Crippen molar-refractivity contribution >= 4 is 0 Å². The molecule has 13 heavy (non-hydrogen) atoms. The Balaban J connectivity index is 1.69. The summed E-state index contributed by atoms with van der Waals surface area (Å²) in [6.45, 7) is 1.47. The second-order valence-corrected chi connectivity index (χ2v) is 3.81. The van der Waals surface area contributed by atoms with Gasteiger partial charge < -0.3 is 14.8 Å². The Labute approximate surface area is 77.8 Å². The van der Waals surface area contributed by atoms with E-state index >= 15 is 0 Å². The molecule has 0 saturated heterocycles. The lowest BCUT2D eigenvalue weighted by molar-refractivity contribution is -0.0314. The SMILES string of the molecule is OC1(CNCc2ccoc2)CCC1. The summed E-state index contributed by atoms with van der Waals surface area (Å²) in [4.78, 5) is 0. The van der Waals surface area contributed by atoms with Crippen molar-refractivity contribution in [3.63, 3.8) is 0 Å². The van der Waals surface area contributed by atoms with Gasteiger partial charge in [0.05, 0.1) is 18.1 Å². The summed E-state index contributed by atoms with van der Waals surface area (Å²) >= 11 is 0. The summed E-state index contributed by atoms with van der Waals surface area (Å²) in [6.07, 6.45) is 6.41. The van der Waals surface area contributed by atoms with E-state index in [4.69, 9.17) is 4.42 Å². The number of aliphatic hydroxyl groups is 1. The molecule has 1 heterocycles. The number of hydrogen-bond donors (Lipinski definition) is 2. The molecule has 0 atom stereocenters. The van der Waals surface area contributed by atoms with Crippen LogP contribution in [0.1, 0.15) is 24.8 Å². The average Bonchev–Trinajstić information content (AvgIpc) is 2.54. The molecule has 0 aromatic carbocycles. The number of hydrogen-bond acceptors (Lipinski definition) is 3. The van der Waals surface area contributed by atoms with Gasteiger partial charge in [-0.1, -0.05) is 0 Å². The summed E-state index contributed by atoms with van der Waals surface area (Å²) < 4.78 is 4.93. The van der Waals surface area contributed by atoms with Gasteiger partial charge in [0.25, 0.3) is 0 Å². The maximum atomic E-state index is 9.75. The predicted molar refractivity (Wildman–Crippen MR) is 49.2 cm³/mol. The maximum absolute atomic E-state index is 9.75. The van der Waals surface area contributed by atoms with Gasteiger partial charge in [0.1, 0.15) is 0 Å². The van der Waals surface area contributed by atoms with Crippen molar-refractivity contribution in [2.45, 2.75) is 31.4 Å². The molecule has 0 spiro atoms. The zero-order valence-electron chi connectivity index (χ0n) is 7.62. The van der Waals surface area contributed by atoms with Gasteiger partial charge >= 0.3 is 0 Å². The quantitative estimate of drug-likeness (QED) is 0.735. The number of nitrogens with one attached hydrogen (secondary N) is 1. The normalized spacial score (nSPS) is 19.8. The van der Waals surface area contributed by atoms with E-state index in [9.17, 15) is 5.11 Å². The standard InChI is InChI=1S/C10H15NO2/c12-10(3-1-4-10)8-11-6-9-2-5-13-7-9/h2,5,7,11-12H,1,3-4,6,8H2. The Morgan fingerprint density at radius 3 is 2.92 bits per heavy atom. The first-order chi connectivity index (χ1) is 6.29. The molecule has 1 aromatic rings. The molecule has 0 aliphatic heterocycles. The van der Waals surface area contributed by atoms with E-state index < -0.39 is 5.60 Å². The fraction of sp³-hybridized carbons (Fsp3) is 0.600. The van der Waals surface area contributed by atoms with Crippen LogP contribution in [0.15, 0.2) is 23.0 Å². The van der Waals surface area contributed by atoms with Crippen molar-refractivity contribution in [1.82, 2.24) is 5.32 Å². The molecule has 2 N–H and O–H groups in total. The van der Waals surface area contributed by atoms with E-state index in [1.165, 1.54) is 0 Å². The van der Waals surface area contributed by atoms with Crippen LogP contribution in [-0.4, -0.2) is 17.3 Å². The van der Waals surface area contributed by atoms with E-state index in [2.05, 4.69) is 5.32 Å². The first-order valence-electron chi connectivity index (χ1n) is 4.73. The van der Waals surface area contributed by atoms with Crippen LogP contribution in [-0.2, 0) is 6.54 Å². The predicted octanol–water partition coefficient (Wildman–Crippen LogP) is 1.28. The van der Waals surface area contributed by atoms with Crippen molar-refractivity contribution in [2.75, 3.05) is 6.54 Å². The van der Waals surface area contributed by atoms with E-state index in [-0.39, 0.29) is 0 Å². The smallest absolute Gasteiger partial charge is 0.0947 e. The Hall–Kier alpha value is -0.800. The van der Waals surface area contributed by atoms with Crippen molar-refractivity contribution in [1.29, 1.82) is 0 Å². The highest BCUT2D eigenvalue weighted by atomic mass is 16.3. The molecule has 0 bridgehead atoms. The van der Waals surface area contributed by atoms with E-state index in [0.29, 0.717) is 6.54 Å². The molecule has 1 saturated carbocycles. The molecule has 1 aliphatic rings. The van der Waals surface area contributed by atoms with Gasteiger partial charge in [-0.15, -0.1) is 0 Å². The molecular formula is C10H15NO2. The van der Waals surface area contributed by atoms with Gasteiger partial charge in [0, 0.05) is 18.7 Å². The second kappa shape index (κ2) is 3.52. The third-order valence-corrected chi connectivity index (χ3v) is 2.65. The topological polar surface area (TPSA) is 45.4 Å². The van der Waals surface area contributed by atoms with Crippen LogP contribution in [0.5, 0.6) is 0 Å². The molecule has 3 nitrogen and oxygen atoms in total. The summed E-state index contributed by atoms with van der Waals surface area (Å²) in [6, 6.07) is 1.93. The highest BCUT2D eigenvalue weighted by Crippen LogP contribution is 2.30. The van der Waals surface area contributed by atoms with Crippen LogP contribution in [0.2, 0.25) is 0 Å². The van der Waals surface area contributed by atoms with E-state index in [1.54, 1.807) is 12.5 Å². The van der Waals surface area contributed by atoms with Crippen LogP contribution >= 0.6 is 0 Å². The van der Waals surface area contributed by atoms with Crippen LogP contribution in [0.3, 0.4) is 0 Å². The Morgan fingerprint density at radius 1 is 1.54 bits per heavy atom. The van der Waals surface area contributed by atoms with Gasteiger partial charge in [-0.2, -0.15) is 0 Å². The zero-order valence-corrected chi connectivity index (χ0v) is 7.62. The maximum Gasteiger partial charge on any atom is 0.0947 e. The van der Waals surface area contributed by atoms with Crippen LogP contribution in [0, 0.1) is 0 Å². The highest BCUT2D eigenvalue weighted by molar-refractivity contribution is 5.04. The first kappa shape index (κ1) is 8.78. The van der Waals surface area contributed by atoms with Crippen molar-refractivity contribution < 1.29 is 9.52 Å². The Kier molecular flexibility index (Phi) is 2.38. The van der Waals surface area contributed by atoms with Crippen molar-refractivity contribution in [3.8, 4) is 0 Å². The van der Waals surface area contributed by atoms with E-state index in [0.717, 1.165) is 31.4 Å². The first-order valence-corrected chi connectivity index (χ1v) is 4.73. The van der Waals surface area contributed by atoms with Gasteiger partial charge in [-0.3, -0.25) is 0 Å². The average molecular weight is 181 g/mol. The van der Waals surface area contributed by atoms with Crippen LogP contribution in [0.4, 0.5) is 0 Å². The summed E-state index contributed by atoms with van der Waals surface area (Å²) in [5, 5.41) is 13.0. The fourth-order valence-electron chi connectivity index (χ4n) is 1.59. The van der Waals surface area contributed by atoms with Gasteiger partial charge in [-0.25, -0.2) is 0 Å². The van der Waals surface area contributed by atoms with Crippen molar-refractivity contribution in [2.24, 2.45) is 0 Å². The number of furan rings is 1. The summed E-state index contributed by atoms with van der Waals surface area (Å²) in [7, 11) is 0. The van der Waals surface area contributed by atoms with Gasteiger partial charge in [0.2, 0.25) is 0 Å². The third-order valence-electron chi connectivity index (χ3n) is 2.65. The molecule has 3 heteroatoms. The minimum atomic E-state index is -0.427. The zero-order chi connectivity index (χ0) is 9.15. The lowest BCUT2D eigenvalue weighted by Gasteiger charge is -2.36. The minimum absolute atomic E-state index is 0.427. The molecular weight excluding hydrogens is 166 g/mol. The fourth-order valence-corrected chi connectivity index (χ4v) is 1.59. The third kappa shape index (κ3) is 2.11. The molecule has 0 amide bonds. The van der Waals surface area contributed by atoms with Crippen LogP contribution in [0.25, 0.3) is 0 Å². The van der Waals surface area contributed by atoms with Gasteiger partial charge in [0.15, 0.2) is 0 Å². The van der Waals surface area contributed by atoms with Gasteiger partial charge in [-0.05, 0) is 25.3 Å². The highest BCUT2D eigenvalue weighted by Gasteiger charge is 2.33. The molecule has 72 valence electrons. The lowest BCUT2D eigenvalue weighted by atomic mass is 9.80. The molecule has 2 rings (SSSR count). The Morgan fingerprint density at radius 2 is 2.38 bits per heavy atom. The summed E-state index contributed by atoms with van der Waals surface area (Å²) in [5.74, 6) is 0. The second-order valence-electron chi connectivity index (χ2n) is 3.81. The lowest BCUT2D eigenvalue weighted by Crippen LogP contribution is -2.45. The van der Waals surface area contributed by atoms with E-state index in [1.807, 2.05) is 6.07 Å². The Bertz CT molecular complexity index is 252. The largest absolute Gasteiger partial charge is 0.472 e. The number of rotatable bonds is 4. The monoisotopic (exact) mass is 181 g/mol. The molecule has 0 unspecified atom stereocenters. The van der Waals surface area contributed by atoms with Crippen LogP contribution < -0.4 is 5.32 Å². The molecule has 1 fully saturated rings. The van der Waals surface area contributed by atoms with Crippen molar-refractivity contribution in [3.05, 3.63) is 24.2 Å². The summed E-state index contributed by atoms with van der Waals surface area (Å²) in [5.41, 5.74) is 0.701. The molecule has 0 radical (unpaired) electrons.